The molecule has 0 saturated carbocycles. The molecular formula is C14H20F2N2O2. The Labute approximate surface area is 117 Å². The molecule has 4 nitrogen and oxygen atoms in total. The van der Waals surface area contributed by atoms with Gasteiger partial charge in [0.2, 0.25) is 0 Å². The van der Waals surface area contributed by atoms with Crippen molar-refractivity contribution in [2.45, 2.75) is 32.4 Å². The average Bonchev–Trinajstić information content (AvgIpc) is 2.35. The fraction of sp³-hybridized carbons (Fsp3) is 0.500. The van der Waals surface area contributed by atoms with Crippen LogP contribution in [-0.2, 0) is 0 Å². The molecule has 2 amide bonds. The minimum Gasteiger partial charge on any atom is -0.392 e. The summed E-state index contributed by atoms with van der Waals surface area (Å²) in [7, 11) is 1.54. The van der Waals surface area contributed by atoms with Gasteiger partial charge in [0.25, 0.3) is 0 Å². The van der Waals surface area contributed by atoms with Crippen molar-refractivity contribution in [3.63, 3.8) is 0 Å². The van der Waals surface area contributed by atoms with Gasteiger partial charge < -0.3 is 15.3 Å². The highest BCUT2D eigenvalue weighted by molar-refractivity contribution is 5.74. The van der Waals surface area contributed by atoms with E-state index in [1.54, 1.807) is 13.8 Å². The van der Waals surface area contributed by atoms with Crippen LogP contribution >= 0.6 is 0 Å². The van der Waals surface area contributed by atoms with E-state index in [0.29, 0.717) is 6.42 Å². The second-order valence-corrected chi connectivity index (χ2v) is 4.81. The molecule has 2 atom stereocenters. The number of carbonyl (C=O) groups is 1. The van der Waals surface area contributed by atoms with Crippen LogP contribution in [0.2, 0.25) is 0 Å². The molecule has 0 radical (unpaired) electrons. The average molecular weight is 286 g/mol. The molecule has 20 heavy (non-hydrogen) atoms. The summed E-state index contributed by atoms with van der Waals surface area (Å²) < 4.78 is 26.6. The molecule has 2 unspecified atom stereocenters. The molecule has 2 N–H and O–H groups in total. The van der Waals surface area contributed by atoms with E-state index < -0.39 is 29.8 Å². The van der Waals surface area contributed by atoms with Gasteiger partial charge >= 0.3 is 6.03 Å². The van der Waals surface area contributed by atoms with E-state index in [4.69, 9.17) is 0 Å². The number of urea groups is 1. The lowest BCUT2D eigenvalue weighted by Crippen LogP contribution is -2.42. The zero-order valence-corrected chi connectivity index (χ0v) is 11.9. The summed E-state index contributed by atoms with van der Waals surface area (Å²) in [6.45, 7) is 3.54. The molecule has 0 aliphatic rings. The van der Waals surface area contributed by atoms with Crippen molar-refractivity contribution in [1.29, 1.82) is 0 Å². The Hall–Kier alpha value is -1.69. The standard InChI is InChI=1S/C14H20F2N2O2/c1-4-13(11-6-5-10(15)7-12(11)16)17-14(20)18(3)8-9(2)19/h5-7,9,13,19H,4,8H2,1-3H3,(H,17,20). The fourth-order valence-electron chi connectivity index (χ4n) is 1.92. The predicted molar refractivity (Wildman–Crippen MR) is 72.2 cm³/mol. The SMILES string of the molecule is CCC(NC(=O)N(C)CC(C)O)c1ccc(F)cc1F. The monoisotopic (exact) mass is 286 g/mol. The van der Waals surface area contributed by atoms with E-state index in [9.17, 15) is 18.7 Å². The molecular weight excluding hydrogens is 266 g/mol. The van der Waals surface area contributed by atoms with Crippen LogP contribution in [0.4, 0.5) is 13.6 Å². The maximum absolute atomic E-state index is 13.7. The van der Waals surface area contributed by atoms with E-state index in [1.807, 2.05) is 0 Å². The van der Waals surface area contributed by atoms with Crippen LogP contribution in [0.15, 0.2) is 18.2 Å². The topological polar surface area (TPSA) is 52.6 Å². The van der Waals surface area contributed by atoms with Crippen LogP contribution in [0, 0.1) is 11.6 Å². The Morgan fingerprint density at radius 2 is 2.10 bits per heavy atom. The van der Waals surface area contributed by atoms with Crippen LogP contribution in [0.1, 0.15) is 31.9 Å². The number of benzene rings is 1. The summed E-state index contributed by atoms with van der Waals surface area (Å²) in [4.78, 5) is 13.2. The van der Waals surface area contributed by atoms with Crippen LogP contribution in [0.3, 0.4) is 0 Å². The normalized spacial score (nSPS) is 13.7. The Bertz CT molecular complexity index is 466. The third-order valence-electron chi connectivity index (χ3n) is 2.93. The number of nitrogens with zero attached hydrogens (tertiary/aromatic N) is 1. The summed E-state index contributed by atoms with van der Waals surface area (Å²) in [5.41, 5.74) is 0.243. The van der Waals surface area contributed by atoms with Crippen molar-refractivity contribution in [2.24, 2.45) is 0 Å². The van der Waals surface area contributed by atoms with Crippen molar-refractivity contribution < 1.29 is 18.7 Å². The Balaban J connectivity index is 2.79. The van der Waals surface area contributed by atoms with Crippen LogP contribution in [0.5, 0.6) is 0 Å². The lowest BCUT2D eigenvalue weighted by molar-refractivity contribution is 0.142. The molecule has 0 fully saturated rings. The van der Waals surface area contributed by atoms with Crippen LogP contribution in [0.25, 0.3) is 0 Å². The molecule has 0 saturated heterocycles. The summed E-state index contributed by atoms with van der Waals surface area (Å²) >= 11 is 0. The Kier molecular flexibility index (Phi) is 5.88. The number of rotatable bonds is 5. The Morgan fingerprint density at radius 1 is 1.45 bits per heavy atom. The van der Waals surface area contributed by atoms with Gasteiger partial charge in [-0.2, -0.15) is 0 Å². The predicted octanol–water partition coefficient (Wildman–Crippen LogP) is 2.44. The summed E-state index contributed by atoms with van der Waals surface area (Å²) in [5.74, 6) is -1.34. The minimum absolute atomic E-state index is 0.175. The molecule has 1 aromatic rings. The summed E-state index contributed by atoms with van der Waals surface area (Å²) in [6.07, 6.45) is -0.176. The molecule has 0 spiro atoms. The van der Waals surface area contributed by atoms with Crippen LogP contribution in [-0.4, -0.2) is 35.7 Å². The molecule has 1 aromatic carbocycles. The van der Waals surface area contributed by atoms with Gasteiger partial charge in [0, 0.05) is 25.2 Å². The molecule has 0 aliphatic heterocycles. The van der Waals surface area contributed by atoms with Gasteiger partial charge in [0.15, 0.2) is 0 Å². The van der Waals surface area contributed by atoms with E-state index in [0.717, 1.165) is 12.1 Å². The van der Waals surface area contributed by atoms with Gasteiger partial charge in [-0.05, 0) is 19.4 Å². The van der Waals surface area contributed by atoms with Gasteiger partial charge in [0.1, 0.15) is 11.6 Å². The molecule has 0 aliphatic carbocycles. The summed E-state index contributed by atoms with van der Waals surface area (Å²) in [5, 5.41) is 11.9. The van der Waals surface area contributed by atoms with Gasteiger partial charge in [-0.25, -0.2) is 13.6 Å². The number of likely N-dealkylation sites (N-methyl/N-ethyl adjacent to an activating group) is 1. The molecule has 112 valence electrons. The quantitative estimate of drug-likeness (QED) is 0.873. The zero-order chi connectivity index (χ0) is 15.3. The first-order valence-corrected chi connectivity index (χ1v) is 6.49. The molecule has 0 aromatic heterocycles. The van der Waals surface area contributed by atoms with Crippen molar-refractivity contribution in [3.05, 3.63) is 35.4 Å². The van der Waals surface area contributed by atoms with Gasteiger partial charge in [-0.1, -0.05) is 13.0 Å². The lowest BCUT2D eigenvalue weighted by Gasteiger charge is -2.24. The molecule has 0 heterocycles. The number of hydrogen-bond acceptors (Lipinski definition) is 2. The molecule has 6 heteroatoms. The number of hydrogen-bond donors (Lipinski definition) is 2. The third-order valence-corrected chi connectivity index (χ3v) is 2.93. The van der Waals surface area contributed by atoms with E-state index in [-0.39, 0.29) is 12.1 Å². The number of nitrogens with one attached hydrogen (secondary N) is 1. The van der Waals surface area contributed by atoms with E-state index in [2.05, 4.69) is 5.32 Å². The first-order chi connectivity index (χ1) is 9.35. The Morgan fingerprint density at radius 3 is 2.60 bits per heavy atom. The highest BCUT2D eigenvalue weighted by Crippen LogP contribution is 2.21. The van der Waals surface area contributed by atoms with Crippen molar-refractivity contribution in [2.75, 3.05) is 13.6 Å². The zero-order valence-electron chi connectivity index (χ0n) is 11.9. The second-order valence-electron chi connectivity index (χ2n) is 4.81. The number of halogens is 2. The van der Waals surface area contributed by atoms with E-state index in [1.165, 1.54) is 18.0 Å². The number of carbonyl (C=O) groups excluding carboxylic acids is 1. The molecule has 1 rings (SSSR count). The smallest absolute Gasteiger partial charge is 0.317 e. The number of aliphatic hydroxyl groups excluding tert-OH is 1. The van der Waals surface area contributed by atoms with E-state index >= 15 is 0 Å². The lowest BCUT2D eigenvalue weighted by atomic mass is 10.0. The van der Waals surface area contributed by atoms with Crippen molar-refractivity contribution in [1.82, 2.24) is 10.2 Å². The van der Waals surface area contributed by atoms with Crippen molar-refractivity contribution >= 4 is 6.03 Å². The largest absolute Gasteiger partial charge is 0.392 e. The summed E-state index contributed by atoms with van der Waals surface area (Å²) in [6, 6.07) is 2.32. The fourth-order valence-corrected chi connectivity index (χ4v) is 1.92. The number of amides is 2. The highest BCUT2D eigenvalue weighted by atomic mass is 19.1. The first-order valence-electron chi connectivity index (χ1n) is 6.49. The first kappa shape index (κ1) is 16.4. The molecule has 0 bridgehead atoms. The van der Waals surface area contributed by atoms with Crippen molar-refractivity contribution in [3.8, 4) is 0 Å². The van der Waals surface area contributed by atoms with Gasteiger partial charge in [-0.15, -0.1) is 0 Å². The minimum atomic E-state index is -0.685. The number of aliphatic hydroxyl groups is 1. The maximum Gasteiger partial charge on any atom is 0.317 e. The van der Waals surface area contributed by atoms with Gasteiger partial charge in [0.05, 0.1) is 12.1 Å². The highest BCUT2D eigenvalue weighted by Gasteiger charge is 2.19. The second kappa shape index (κ2) is 7.19. The third kappa shape index (κ3) is 4.45. The maximum atomic E-state index is 13.7. The van der Waals surface area contributed by atoms with Gasteiger partial charge in [-0.3, -0.25) is 0 Å². The van der Waals surface area contributed by atoms with Crippen LogP contribution < -0.4 is 5.32 Å².